The van der Waals surface area contributed by atoms with E-state index >= 15 is 0 Å². The predicted molar refractivity (Wildman–Crippen MR) is 197 cm³/mol. The number of amides is 2. The Balaban J connectivity index is 1.91. The van der Waals surface area contributed by atoms with E-state index in [1.165, 1.54) is 4.90 Å². The number of imidazole rings is 2. The van der Waals surface area contributed by atoms with Gasteiger partial charge in [0.1, 0.15) is 34.5 Å². The number of carbonyl (C=O) groups is 2. The normalized spacial score (nSPS) is 13.1. The first-order chi connectivity index (χ1) is 22.4. The van der Waals surface area contributed by atoms with E-state index in [-0.39, 0.29) is 0 Å². The van der Waals surface area contributed by atoms with Gasteiger partial charge in [-0.3, -0.25) is 14.1 Å². The van der Waals surface area contributed by atoms with Gasteiger partial charge in [0, 0.05) is 25.9 Å². The minimum absolute atomic E-state index is 0.337. The number of fused-ring (bicyclic) bond motifs is 1. The summed E-state index contributed by atoms with van der Waals surface area (Å²) in [6.45, 7) is 22.6. The standard InChI is InChI=1S/C37H51N7O3S/c1-23(2)48(24(3)4,25(5)6)19-17-29-28(14-15-31(39-29)40-35(45)27(8)43(13)36(46)47-37(9,10)11)34-33(30-21-38-22-42(30)12)41-32-20-26(7)16-18-44(32)34/h14-16,18,20-25,27H,1-13H3,(H,39,40,45). The van der Waals surface area contributed by atoms with Crippen LogP contribution in [0.25, 0.3) is 28.3 Å². The van der Waals surface area contributed by atoms with E-state index < -0.39 is 33.7 Å². The van der Waals surface area contributed by atoms with Crippen molar-refractivity contribution in [2.24, 2.45) is 7.05 Å². The van der Waals surface area contributed by atoms with Crippen LogP contribution in [0, 0.1) is 18.1 Å². The first kappa shape index (κ1) is 36.5. The van der Waals surface area contributed by atoms with Gasteiger partial charge >= 0.3 is 6.09 Å². The molecule has 4 aromatic rings. The fourth-order valence-electron chi connectivity index (χ4n) is 6.00. The predicted octanol–water partition coefficient (Wildman–Crippen LogP) is 7.64. The zero-order valence-electron chi connectivity index (χ0n) is 30.7. The van der Waals surface area contributed by atoms with Gasteiger partial charge in [0.05, 0.1) is 23.9 Å². The molecule has 0 spiro atoms. The minimum atomic E-state index is -1.41. The third-order valence-electron chi connectivity index (χ3n) is 8.57. The van der Waals surface area contributed by atoms with Crippen LogP contribution >= 0.6 is 10.0 Å². The van der Waals surface area contributed by atoms with Crippen LogP contribution in [-0.2, 0) is 16.6 Å². The number of anilines is 1. The van der Waals surface area contributed by atoms with Gasteiger partial charge in [-0.05, 0) is 91.4 Å². The Morgan fingerprint density at radius 2 is 1.65 bits per heavy atom. The Labute approximate surface area is 287 Å². The maximum absolute atomic E-state index is 13.4. The van der Waals surface area contributed by atoms with Gasteiger partial charge in [-0.2, -0.15) is 10.0 Å². The van der Waals surface area contributed by atoms with Crippen molar-refractivity contribution in [3.05, 3.63) is 54.2 Å². The number of hydrogen-bond donors (Lipinski definition) is 1. The average Bonchev–Trinajstić information content (AvgIpc) is 3.57. The van der Waals surface area contributed by atoms with Gasteiger partial charge in [0.2, 0.25) is 5.91 Å². The summed E-state index contributed by atoms with van der Waals surface area (Å²) in [6, 6.07) is 6.99. The first-order valence-electron chi connectivity index (χ1n) is 16.4. The van der Waals surface area contributed by atoms with Gasteiger partial charge in [0.15, 0.2) is 0 Å². The molecule has 4 rings (SSSR count). The lowest BCUT2D eigenvalue weighted by Gasteiger charge is -2.46. The number of nitrogens with one attached hydrogen (secondary N) is 1. The Bertz CT molecular complexity index is 1850. The van der Waals surface area contributed by atoms with Crippen molar-refractivity contribution >= 4 is 33.5 Å². The number of pyridine rings is 2. The SMILES string of the molecule is Cc1ccn2c(-c3ccc(NC(=O)C(C)N(C)C(=O)OC(C)(C)C)nc3C#CS(C(C)C)(C(C)C)C(C)C)c(-c3cncn3C)nc2c1. The summed E-state index contributed by atoms with van der Waals surface area (Å²) in [7, 11) is 2.08. The van der Waals surface area contributed by atoms with E-state index in [1.54, 1.807) is 53.3 Å². The fourth-order valence-corrected chi connectivity index (χ4v) is 10.3. The van der Waals surface area contributed by atoms with E-state index in [0.717, 1.165) is 33.9 Å². The topological polar surface area (TPSA) is 107 Å². The number of carbonyl (C=O) groups excluding carboxylic acids is 2. The molecule has 10 nitrogen and oxygen atoms in total. The maximum Gasteiger partial charge on any atom is 0.410 e. The number of nitrogens with zero attached hydrogens (tertiary/aromatic N) is 6. The minimum Gasteiger partial charge on any atom is -0.444 e. The molecule has 258 valence electrons. The molecule has 0 bridgehead atoms. The third-order valence-corrected chi connectivity index (χ3v) is 13.7. The molecule has 0 aliphatic rings. The maximum atomic E-state index is 13.4. The molecule has 4 heterocycles. The largest absolute Gasteiger partial charge is 0.444 e. The molecule has 2 amide bonds. The van der Waals surface area contributed by atoms with E-state index in [0.29, 0.717) is 27.3 Å². The summed E-state index contributed by atoms with van der Waals surface area (Å²) in [5, 5.41) is 7.79. The molecule has 0 aliphatic heterocycles. The van der Waals surface area contributed by atoms with Gasteiger partial charge in [-0.1, -0.05) is 41.5 Å². The van der Waals surface area contributed by atoms with Gasteiger partial charge in [-0.25, -0.2) is 19.7 Å². The van der Waals surface area contributed by atoms with Gasteiger partial charge < -0.3 is 14.6 Å². The molecule has 11 heteroatoms. The highest BCUT2D eigenvalue weighted by molar-refractivity contribution is 8.38. The van der Waals surface area contributed by atoms with E-state index in [2.05, 4.69) is 67.4 Å². The van der Waals surface area contributed by atoms with Crippen LogP contribution in [0.1, 0.15) is 80.5 Å². The monoisotopic (exact) mass is 673 g/mol. The highest BCUT2D eigenvalue weighted by Gasteiger charge is 2.33. The van der Waals surface area contributed by atoms with Gasteiger partial charge in [-0.15, -0.1) is 0 Å². The fraction of sp³-hybridized carbons (Fsp3) is 0.486. The van der Waals surface area contributed by atoms with Crippen LogP contribution < -0.4 is 5.32 Å². The van der Waals surface area contributed by atoms with Crippen molar-refractivity contribution in [3.63, 3.8) is 0 Å². The lowest BCUT2D eigenvalue weighted by molar-refractivity contribution is -0.120. The second-order valence-corrected chi connectivity index (χ2v) is 18.7. The molecule has 0 radical (unpaired) electrons. The zero-order chi connectivity index (χ0) is 35.7. The molecule has 48 heavy (non-hydrogen) atoms. The number of rotatable bonds is 8. The quantitative estimate of drug-likeness (QED) is 0.193. The Hall–Kier alpha value is -4.30. The van der Waals surface area contributed by atoms with Crippen LogP contribution in [0.2, 0.25) is 0 Å². The van der Waals surface area contributed by atoms with Crippen LogP contribution in [0.15, 0.2) is 43.0 Å². The van der Waals surface area contributed by atoms with Crippen molar-refractivity contribution in [1.82, 2.24) is 28.8 Å². The van der Waals surface area contributed by atoms with Crippen LogP contribution in [0.4, 0.5) is 10.6 Å². The summed E-state index contributed by atoms with van der Waals surface area (Å²) in [5.74, 6) is 3.48. The average molecular weight is 674 g/mol. The number of aromatic nitrogens is 5. The zero-order valence-corrected chi connectivity index (χ0v) is 31.5. The molecular formula is C37H51N7O3S. The molecule has 0 saturated heterocycles. The molecule has 1 atom stereocenters. The van der Waals surface area contributed by atoms with Crippen LogP contribution in [0.3, 0.4) is 0 Å². The highest BCUT2D eigenvalue weighted by atomic mass is 32.3. The van der Waals surface area contributed by atoms with Crippen molar-refractivity contribution in [2.75, 3.05) is 12.4 Å². The molecule has 0 saturated carbocycles. The van der Waals surface area contributed by atoms with Crippen LogP contribution in [-0.4, -0.2) is 75.3 Å². The van der Waals surface area contributed by atoms with E-state index in [9.17, 15) is 9.59 Å². The molecular weight excluding hydrogens is 623 g/mol. The highest BCUT2D eigenvalue weighted by Crippen LogP contribution is 2.59. The van der Waals surface area contributed by atoms with Crippen molar-refractivity contribution < 1.29 is 14.3 Å². The number of ether oxygens (including phenoxy) is 1. The number of hydrogen-bond acceptors (Lipinski definition) is 6. The van der Waals surface area contributed by atoms with E-state index in [4.69, 9.17) is 14.7 Å². The molecule has 1 unspecified atom stereocenters. The summed E-state index contributed by atoms with van der Waals surface area (Å²) in [5.41, 5.74) is 4.97. The first-order valence-corrected chi connectivity index (χ1v) is 18.3. The molecule has 1 N–H and O–H groups in total. The van der Waals surface area contributed by atoms with Gasteiger partial charge in [0.25, 0.3) is 0 Å². The molecule has 4 aromatic heterocycles. The second-order valence-electron chi connectivity index (χ2n) is 14.1. The summed E-state index contributed by atoms with van der Waals surface area (Å²) in [6.07, 6.45) is 4.99. The lowest BCUT2D eigenvalue weighted by Crippen LogP contribution is -2.45. The third kappa shape index (κ3) is 7.39. The lowest BCUT2D eigenvalue weighted by atomic mass is 10.1. The Morgan fingerprint density at radius 3 is 2.21 bits per heavy atom. The molecule has 0 fully saturated rings. The second kappa shape index (κ2) is 14.0. The molecule has 0 aromatic carbocycles. The Kier molecular flexibility index (Phi) is 10.7. The molecule has 0 aliphatic carbocycles. The van der Waals surface area contributed by atoms with Crippen molar-refractivity contribution in [1.29, 1.82) is 0 Å². The Morgan fingerprint density at radius 1 is 1.00 bits per heavy atom. The van der Waals surface area contributed by atoms with Crippen molar-refractivity contribution in [2.45, 2.75) is 104 Å². The number of aryl methyl sites for hydroxylation is 2. The van der Waals surface area contributed by atoms with E-state index in [1.807, 2.05) is 42.9 Å². The number of likely N-dealkylation sites (N-methyl/N-ethyl adjacent to an activating group) is 1. The summed E-state index contributed by atoms with van der Waals surface area (Å²) >= 11 is 0. The summed E-state index contributed by atoms with van der Waals surface area (Å²) in [4.78, 5) is 41.8. The van der Waals surface area contributed by atoms with Crippen molar-refractivity contribution in [3.8, 4) is 33.8 Å². The van der Waals surface area contributed by atoms with Crippen LogP contribution in [0.5, 0.6) is 0 Å². The summed E-state index contributed by atoms with van der Waals surface area (Å²) < 4.78 is 9.47. The smallest absolute Gasteiger partial charge is 0.410 e.